The van der Waals surface area contributed by atoms with Crippen molar-refractivity contribution in [3.63, 3.8) is 0 Å². The smallest absolute Gasteiger partial charge is 0.261 e. The largest absolute Gasteiger partial charge is 0.274 e. The standard InChI is InChI=1S/C15H18N2O5S/c1-3-10(2)13(18)16-23(21,22)9-8-17-14(19)11-6-4-5-7-12(11)15(17)20/h4-7,10H,3,8-9H2,1-2H3,(H,16,18)/t10-/m1/s1. The van der Waals surface area contributed by atoms with E-state index in [1.807, 2.05) is 4.72 Å². The molecule has 1 aliphatic rings. The first-order valence-corrected chi connectivity index (χ1v) is 8.91. The molecule has 0 spiro atoms. The van der Waals surface area contributed by atoms with Gasteiger partial charge in [0.25, 0.3) is 11.8 Å². The lowest BCUT2D eigenvalue weighted by atomic mass is 10.1. The summed E-state index contributed by atoms with van der Waals surface area (Å²) in [6, 6.07) is 6.32. The van der Waals surface area contributed by atoms with E-state index in [2.05, 4.69) is 0 Å². The number of rotatable bonds is 6. The molecule has 1 aromatic rings. The number of amides is 3. The average Bonchev–Trinajstić information content (AvgIpc) is 2.76. The lowest BCUT2D eigenvalue weighted by molar-refractivity contribution is -0.122. The van der Waals surface area contributed by atoms with Crippen LogP contribution < -0.4 is 4.72 Å². The van der Waals surface area contributed by atoms with Crippen LogP contribution in [-0.4, -0.2) is 43.3 Å². The molecule has 0 saturated carbocycles. The van der Waals surface area contributed by atoms with Gasteiger partial charge in [0, 0.05) is 12.5 Å². The first kappa shape index (κ1) is 17.1. The fourth-order valence-electron chi connectivity index (χ4n) is 2.14. The van der Waals surface area contributed by atoms with Crippen LogP contribution in [0.15, 0.2) is 24.3 Å². The SMILES string of the molecule is CC[C@@H](C)C(=O)NS(=O)(=O)CCN1C(=O)c2ccccc2C1=O. The summed E-state index contributed by atoms with van der Waals surface area (Å²) in [6.07, 6.45) is 0.514. The van der Waals surface area contributed by atoms with E-state index in [-0.39, 0.29) is 17.7 Å². The number of hydrogen-bond acceptors (Lipinski definition) is 5. The molecule has 2 rings (SSSR count). The van der Waals surface area contributed by atoms with E-state index < -0.39 is 39.4 Å². The van der Waals surface area contributed by atoms with Crippen LogP contribution in [0.25, 0.3) is 0 Å². The Morgan fingerprint density at radius 1 is 1.17 bits per heavy atom. The van der Waals surface area contributed by atoms with Gasteiger partial charge in [-0.2, -0.15) is 0 Å². The van der Waals surface area contributed by atoms with Gasteiger partial charge in [-0.05, 0) is 18.6 Å². The normalized spacial score (nSPS) is 15.5. The summed E-state index contributed by atoms with van der Waals surface area (Å²) in [7, 11) is -3.90. The molecular weight excluding hydrogens is 320 g/mol. The van der Waals surface area contributed by atoms with E-state index in [0.29, 0.717) is 6.42 Å². The number of fused-ring (bicyclic) bond motifs is 1. The van der Waals surface area contributed by atoms with Gasteiger partial charge in [0.15, 0.2) is 0 Å². The summed E-state index contributed by atoms with van der Waals surface area (Å²) in [5.74, 6) is -2.57. The summed E-state index contributed by atoms with van der Waals surface area (Å²) < 4.78 is 25.8. The molecule has 124 valence electrons. The Kier molecular flexibility index (Phi) is 4.84. The summed E-state index contributed by atoms with van der Waals surface area (Å²) in [5, 5.41) is 0. The molecule has 1 aromatic carbocycles. The van der Waals surface area contributed by atoms with Crippen LogP contribution >= 0.6 is 0 Å². The van der Waals surface area contributed by atoms with Crippen LogP contribution in [0.4, 0.5) is 0 Å². The molecule has 23 heavy (non-hydrogen) atoms. The van der Waals surface area contributed by atoms with Gasteiger partial charge in [-0.1, -0.05) is 26.0 Å². The molecule has 1 atom stereocenters. The summed E-state index contributed by atoms with van der Waals surface area (Å²) in [4.78, 5) is 36.8. The van der Waals surface area contributed by atoms with Gasteiger partial charge in [-0.3, -0.25) is 24.0 Å². The van der Waals surface area contributed by atoms with E-state index >= 15 is 0 Å². The molecule has 0 unspecified atom stereocenters. The fourth-order valence-corrected chi connectivity index (χ4v) is 3.18. The molecule has 1 heterocycles. The molecule has 0 saturated heterocycles. The van der Waals surface area contributed by atoms with Crippen molar-refractivity contribution in [1.29, 1.82) is 0 Å². The molecular formula is C15H18N2O5S. The Morgan fingerprint density at radius 3 is 2.17 bits per heavy atom. The van der Waals surface area contributed by atoms with Gasteiger partial charge in [0.05, 0.1) is 16.9 Å². The zero-order valence-corrected chi connectivity index (χ0v) is 13.7. The lowest BCUT2D eigenvalue weighted by Crippen LogP contribution is -2.41. The maximum absolute atomic E-state index is 12.1. The maximum atomic E-state index is 12.1. The highest BCUT2D eigenvalue weighted by Crippen LogP contribution is 2.22. The van der Waals surface area contributed by atoms with Crippen molar-refractivity contribution in [2.45, 2.75) is 20.3 Å². The Bertz CT molecular complexity index is 722. The lowest BCUT2D eigenvalue weighted by Gasteiger charge is -2.15. The van der Waals surface area contributed by atoms with Crippen molar-refractivity contribution < 1.29 is 22.8 Å². The van der Waals surface area contributed by atoms with Gasteiger partial charge in [-0.15, -0.1) is 0 Å². The molecule has 0 bridgehead atoms. The van der Waals surface area contributed by atoms with Crippen LogP contribution in [0.3, 0.4) is 0 Å². The number of hydrogen-bond donors (Lipinski definition) is 1. The van der Waals surface area contributed by atoms with E-state index in [0.717, 1.165) is 4.90 Å². The van der Waals surface area contributed by atoms with Crippen LogP contribution in [0, 0.1) is 5.92 Å². The molecule has 0 radical (unpaired) electrons. The van der Waals surface area contributed by atoms with Gasteiger partial charge < -0.3 is 0 Å². The van der Waals surface area contributed by atoms with Gasteiger partial charge >= 0.3 is 0 Å². The Hall–Kier alpha value is -2.22. The minimum atomic E-state index is -3.90. The third-order valence-corrected chi connectivity index (χ3v) is 5.01. The van der Waals surface area contributed by atoms with Crippen molar-refractivity contribution in [3.8, 4) is 0 Å². The number of benzene rings is 1. The van der Waals surface area contributed by atoms with E-state index in [1.54, 1.807) is 26.0 Å². The fraction of sp³-hybridized carbons (Fsp3) is 0.400. The second-order valence-electron chi connectivity index (χ2n) is 5.40. The number of imide groups is 1. The van der Waals surface area contributed by atoms with Crippen molar-refractivity contribution in [1.82, 2.24) is 9.62 Å². The maximum Gasteiger partial charge on any atom is 0.261 e. The highest BCUT2D eigenvalue weighted by atomic mass is 32.2. The monoisotopic (exact) mass is 338 g/mol. The first-order valence-electron chi connectivity index (χ1n) is 7.26. The van der Waals surface area contributed by atoms with Crippen LogP contribution in [0.2, 0.25) is 0 Å². The Balaban J connectivity index is 2.03. The first-order chi connectivity index (χ1) is 10.8. The quantitative estimate of drug-likeness (QED) is 0.772. The highest BCUT2D eigenvalue weighted by Gasteiger charge is 2.35. The molecule has 3 amide bonds. The molecule has 0 fully saturated rings. The topological polar surface area (TPSA) is 101 Å². The number of carbonyl (C=O) groups excluding carboxylic acids is 3. The molecule has 1 N–H and O–H groups in total. The average molecular weight is 338 g/mol. The predicted molar refractivity (Wildman–Crippen MR) is 83.2 cm³/mol. The summed E-state index contributed by atoms with van der Waals surface area (Å²) in [5.41, 5.74) is 0.525. The Labute approximate surface area is 134 Å². The number of carbonyl (C=O) groups is 3. The van der Waals surface area contributed by atoms with Gasteiger partial charge in [0.1, 0.15) is 0 Å². The van der Waals surface area contributed by atoms with Gasteiger partial charge in [0.2, 0.25) is 15.9 Å². The second kappa shape index (κ2) is 6.49. The summed E-state index contributed by atoms with van der Waals surface area (Å²) >= 11 is 0. The van der Waals surface area contributed by atoms with E-state index in [9.17, 15) is 22.8 Å². The van der Waals surface area contributed by atoms with E-state index in [1.165, 1.54) is 12.1 Å². The second-order valence-corrected chi connectivity index (χ2v) is 7.24. The predicted octanol–water partition coefficient (Wildman–Crippen LogP) is 0.775. The van der Waals surface area contributed by atoms with Crippen molar-refractivity contribution in [2.75, 3.05) is 12.3 Å². The summed E-state index contributed by atoms with van der Waals surface area (Å²) in [6.45, 7) is 3.10. The highest BCUT2D eigenvalue weighted by molar-refractivity contribution is 7.90. The van der Waals surface area contributed by atoms with Crippen LogP contribution in [-0.2, 0) is 14.8 Å². The number of nitrogens with zero attached hydrogens (tertiary/aromatic N) is 1. The van der Waals surface area contributed by atoms with Gasteiger partial charge in [-0.25, -0.2) is 8.42 Å². The van der Waals surface area contributed by atoms with Crippen molar-refractivity contribution >= 4 is 27.7 Å². The minimum absolute atomic E-state index is 0.263. The third-order valence-electron chi connectivity index (χ3n) is 3.78. The molecule has 8 heteroatoms. The van der Waals surface area contributed by atoms with Crippen LogP contribution in [0.1, 0.15) is 41.0 Å². The minimum Gasteiger partial charge on any atom is -0.274 e. The molecule has 7 nitrogen and oxygen atoms in total. The molecule has 0 aliphatic carbocycles. The third kappa shape index (κ3) is 3.58. The zero-order valence-electron chi connectivity index (χ0n) is 12.9. The number of sulfonamides is 1. The van der Waals surface area contributed by atoms with E-state index in [4.69, 9.17) is 0 Å². The van der Waals surface area contributed by atoms with Crippen molar-refractivity contribution in [3.05, 3.63) is 35.4 Å². The van der Waals surface area contributed by atoms with Crippen molar-refractivity contribution in [2.24, 2.45) is 5.92 Å². The molecule has 1 aliphatic heterocycles. The molecule has 0 aromatic heterocycles. The Morgan fingerprint density at radius 2 is 1.70 bits per heavy atom. The van der Waals surface area contributed by atoms with Crippen LogP contribution in [0.5, 0.6) is 0 Å². The number of nitrogens with one attached hydrogen (secondary N) is 1. The zero-order chi connectivity index (χ0) is 17.2.